The average Bonchev–Trinajstić information content (AvgIpc) is 2.54. The fourth-order valence-corrected chi connectivity index (χ4v) is 2.56. The molecule has 1 aromatic rings. The van der Waals surface area contributed by atoms with E-state index in [-0.39, 0.29) is 11.9 Å². The van der Waals surface area contributed by atoms with Crippen LogP contribution in [0.2, 0.25) is 0 Å². The molecule has 2 atom stereocenters. The van der Waals surface area contributed by atoms with E-state index in [2.05, 4.69) is 34.6 Å². The molecule has 0 bridgehead atoms. The van der Waals surface area contributed by atoms with E-state index in [9.17, 15) is 4.79 Å². The van der Waals surface area contributed by atoms with Gasteiger partial charge in [0.05, 0.1) is 0 Å². The Morgan fingerprint density at radius 3 is 2.79 bits per heavy atom. The first-order chi connectivity index (χ1) is 9.20. The smallest absolute Gasteiger partial charge is 0.238 e. The van der Waals surface area contributed by atoms with Crippen molar-refractivity contribution in [2.75, 3.05) is 26.7 Å². The number of carbonyl (C=O) groups excluding carboxylic acids is 1. The van der Waals surface area contributed by atoms with Crippen molar-refractivity contribution in [2.45, 2.75) is 19.5 Å². The first-order valence-electron chi connectivity index (χ1n) is 6.91. The van der Waals surface area contributed by atoms with Crippen LogP contribution in [0, 0.1) is 5.92 Å². The number of nitrogens with zero attached hydrogens (tertiary/aromatic N) is 1. The lowest BCUT2D eigenvalue weighted by Crippen LogP contribution is -2.49. The number of rotatable bonds is 4. The second-order valence-electron chi connectivity index (χ2n) is 5.34. The van der Waals surface area contributed by atoms with Gasteiger partial charge in [-0.05, 0) is 18.5 Å². The molecule has 2 unspecified atom stereocenters. The molecule has 0 radical (unpaired) electrons. The number of nitrogens with one attached hydrogen (secondary N) is 2. The van der Waals surface area contributed by atoms with Crippen molar-refractivity contribution < 1.29 is 4.79 Å². The minimum Gasteiger partial charge on any atom is -0.354 e. The normalized spacial score (nSPS) is 24.8. The van der Waals surface area contributed by atoms with E-state index in [1.165, 1.54) is 5.56 Å². The zero-order valence-corrected chi connectivity index (χ0v) is 11.7. The van der Waals surface area contributed by atoms with E-state index >= 15 is 0 Å². The molecule has 1 aromatic carbocycles. The maximum atomic E-state index is 12.2. The summed E-state index contributed by atoms with van der Waals surface area (Å²) in [6, 6.07) is 10.3. The summed E-state index contributed by atoms with van der Waals surface area (Å²) in [6.07, 6.45) is 0. The summed E-state index contributed by atoms with van der Waals surface area (Å²) in [4.78, 5) is 14.4. The molecule has 2 N–H and O–H groups in total. The lowest BCUT2D eigenvalue weighted by atomic mass is 10.1. The predicted molar refractivity (Wildman–Crippen MR) is 76.7 cm³/mol. The molecule has 19 heavy (non-hydrogen) atoms. The fraction of sp³-hybridized carbons (Fsp3) is 0.533. The zero-order chi connectivity index (χ0) is 13.7. The Morgan fingerprint density at radius 2 is 2.11 bits per heavy atom. The Hall–Kier alpha value is -1.39. The minimum absolute atomic E-state index is 0.0878. The van der Waals surface area contributed by atoms with Crippen molar-refractivity contribution in [3.05, 3.63) is 35.9 Å². The van der Waals surface area contributed by atoms with Crippen LogP contribution in [0.4, 0.5) is 0 Å². The Kier molecular flexibility index (Phi) is 4.93. The molecule has 0 spiro atoms. The SMILES string of the molecule is CNCC1C(=O)NCC(C)CN1Cc1ccccc1. The third-order valence-corrected chi connectivity index (χ3v) is 3.54. The van der Waals surface area contributed by atoms with E-state index < -0.39 is 0 Å². The van der Waals surface area contributed by atoms with E-state index in [0.717, 1.165) is 19.6 Å². The molecule has 0 aromatic heterocycles. The standard InChI is InChI=1S/C15H23N3O/c1-12-8-17-15(19)14(9-16-2)18(10-12)11-13-6-4-3-5-7-13/h3-7,12,14,16H,8-11H2,1-2H3,(H,17,19). The van der Waals surface area contributed by atoms with Crippen LogP contribution in [-0.4, -0.2) is 43.5 Å². The number of hydrogen-bond donors (Lipinski definition) is 2. The van der Waals surface area contributed by atoms with Gasteiger partial charge in [0, 0.05) is 26.2 Å². The van der Waals surface area contributed by atoms with Crippen molar-refractivity contribution >= 4 is 5.91 Å². The molecule has 1 amide bonds. The topological polar surface area (TPSA) is 44.4 Å². The Labute approximate surface area is 115 Å². The number of benzene rings is 1. The zero-order valence-electron chi connectivity index (χ0n) is 11.7. The monoisotopic (exact) mass is 261 g/mol. The second kappa shape index (κ2) is 6.68. The molecule has 0 aliphatic carbocycles. The maximum Gasteiger partial charge on any atom is 0.238 e. The molecule has 2 rings (SSSR count). The second-order valence-corrected chi connectivity index (χ2v) is 5.34. The lowest BCUT2D eigenvalue weighted by Gasteiger charge is -2.29. The summed E-state index contributed by atoms with van der Waals surface area (Å²) in [5.74, 6) is 0.615. The van der Waals surface area contributed by atoms with Crippen LogP contribution in [0.1, 0.15) is 12.5 Å². The van der Waals surface area contributed by atoms with Gasteiger partial charge in [0.25, 0.3) is 0 Å². The average molecular weight is 261 g/mol. The van der Waals surface area contributed by atoms with Gasteiger partial charge < -0.3 is 10.6 Å². The quantitative estimate of drug-likeness (QED) is 0.844. The molecule has 4 heteroatoms. The summed E-state index contributed by atoms with van der Waals surface area (Å²) in [7, 11) is 1.89. The first-order valence-corrected chi connectivity index (χ1v) is 6.91. The summed E-state index contributed by atoms with van der Waals surface area (Å²) >= 11 is 0. The predicted octanol–water partition coefficient (Wildman–Crippen LogP) is 0.843. The summed E-state index contributed by atoms with van der Waals surface area (Å²) in [5, 5.41) is 6.15. The van der Waals surface area contributed by atoms with E-state index in [1.54, 1.807) is 0 Å². The van der Waals surface area contributed by atoms with E-state index in [4.69, 9.17) is 0 Å². The number of hydrogen-bond acceptors (Lipinski definition) is 3. The van der Waals surface area contributed by atoms with Gasteiger partial charge in [-0.25, -0.2) is 0 Å². The molecule has 1 aliphatic heterocycles. The molecule has 0 saturated carbocycles. The first kappa shape index (κ1) is 14.0. The van der Waals surface area contributed by atoms with Crippen LogP contribution in [-0.2, 0) is 11.3 Å². The summed E-state index contributed by atoms with van der Waals surface area (Å²) in [6.45, 7) is 5.40. The highest BCUT2D eigenvalue weighted by Gasteiger charge is 2.29. The van der Waals surface area contributed by atoms with Gasteiger partial charge in [-0.15, -0.1) is 0 Å². The summed E-state index contributed by atoms with van der Waals surface area (Å²) in [5.41, 5.74) is 1.26. The molecular weight excluding hydrogens is 238 g/mol. The van der Waals surface area contributed by atoms with Crippen LogP contribution in [0.5, 0.6) is 0 Å². The molecule has 1 fully saturated rings. The fourth-order valence-electron chi connectivity index (χ4n) is 2.56. The summed E-state index contributed by atoms with van der Waals surface area (Å²) < 4.78 is 0. The Bertz CT molecular complexity index is 407. The third kappa shape index (κ3) is 3.78. The van der Waals surface area contributed by atoms with Crippen molar-refractivity contribution in [1.29, 1.82) is 0 Å². The Morgan fingerprint density at radius 1 is 1.37 bits per heavy atom. The molecule has 1 heterocycles. The van der Waals surface area contributed by atoms with Gasteiger partial charge in [-0.1, -0.05) is 37.3 Å². The highest BCUT2D eigenvalue weighted by molar-refractivity contribution is 5.82. The van der Waals surface area contributed by atoms with E-state index in [1.807, 2.05) is 25.2 Å². The number of likely N-dealkylation sites (N-methyl/N-ethyl adjacent to an activating group) is 1. The van der Waals surface area contributed by atoms with Crippen LogP contribution >= 0.6 is 0 Å². The minimum atomic E-state index is -0.0878. The largest absolute Gasteiger partial charge is 0.354 e. The molecule has 1 aliphatic rings. The highest BCUT2D eigenvalue weighted by atomic mass is 16.2. The van der Waals surface area contributed by atoms with Gasteiger partial charge in [0.2, 0.25) is 5.91 Å². The number of carbonyl (C=O) groups is 1. The van der Waals surface area contributed by atoms with E-state index in [0.29, 0.717) is 12.5 Å². The van der Waals surface area contributed by atoms with Crippen molar-refractivity contribution in [3.63, 3.8) is 0 Å². The molecule has 104 valence electrons. The van der Waals surface area contributed by atoms with Gasteiger partial charge >= 0.3 is 0 Å². The van der Waals surface area contributed by atoms with Gasteiger partial charge in [0.1, 0.15) is 6.04 Å². The van der Waals surface area contributed by atoms with Crippen LogP contribution in [0.3, 0.4) is 0 Å². The van der Waals surface area contributed by atoms with Crippen LogP contribution in [0.25, 0.3) is 0 Å². The lowest BCUT2D eigenvalue weighted by molar-refractivity contribution is -0.125. The molecule has 4 nitrogen and oxygen atoms in total. The molecule has 1 saturated heterocycles. The third-order valence-electron chi connectivity index (χ3n) is 3.54. The van der Waals surface area contributed by atoms with Gasteiger partial charge in [-0.3, -0.25) is 9.69 Å². The maximum absolute atomic E-state index is 12.2. The van der Waals surface area contributed by atoms with Gasteiger partial charge in [0.15, 0.2) is 0 Å². The van der Waals surface area contributed by atoms with Crippen LogP contribution in [0.15, 0.2) is 30.3 Å². The number of amides is 1. The van der Waals surface area contributed by atoms with Crippen molar-refractivity contribution in [1.82, 2.24) is 15.5 Å². The van der Waals surface area contributed by atoms with Crippen molar-refractivity contribution in [3.8, 4) is 0 Å². The highest BCUT2D eigenvalue weighted by Crippen LogP contribution is 2.14. The Balaban J connectivity index is 2.14. The molecular formula is C15H23N3O. The van der Waals surface area contributed by atoms with Gasteiger partial charge in [-0.2, -0.15) is 0 Å². The van der Waals surface area contributed by atoms with Crippen molar-refractivity contribution in [2.24, 2.45) is 5.92 Å². The van der Waals surface area contributed by atoms with Crippen LogP contribution < -0.4 is 10.6 Å².